The van der Waals surface area contributed by atoms with Crippen molar-refractivity contribution in [1.29, 1.82) is 0 Å². The van der Waals surface area contributed by atoms with Gasteiger partial charge >= 0.3 is 0 Å². The van der Waals surface area contributed by atoms with Crippen molar-refractivity contribution in [3.05, 3.63) is 29.6 Å². The second-order valence-electron chi connectivity index (χ2n) is 6.78. The van der Waals surface area contributed by atoms with Gasteiger partial charge in [0, 0.05) is 16.8 Å². The maximum atomic E-state index is 4.78. The standard InChI is InChI=1S/C16H27N/c1-7-16(5,6)12-11-13-9-8-10-14(17-13)15(2,3)4/h8-10H,7,11-12H2,1-6H3. The van der Waals surface area contributed by atoms with E-state index in [0.29, 0.717) is 5.41 Å². The van der Waals surface area contributed by atoms with Gasteiger partial charge in [-0.15, -0.1) is 0 Å². The molecule has 0 saturated heterocycles. The molecule has 0 atom stereocenters. The molecule has 1 heteroatoms. The minimum absolute atomic E-state index is 0.149. The molecule has 0 aliphatic rings. The van der Waals surface area contributed by atoms with Crippen molar-refractivity contribution >= 4 is 0 Å². The van der Waals surface area contributed by atoms with E-state index in [1.54, 1.807) is 0 Å². The van der Waals surface area contributed by atoms with Crippen LogP contribution in [0.5, 0.6) is 0 Å². The third-order valence-corrected chi connectivity index (χ3v) is 3.59. The molecule has 0 saturated carbocycles. The summed E-state index contributed by atoms with van der Waals surface area (Å²) < 4.78 is 0. The molecule has 0 aliphatic carbocycles. The summed E-state index contributed by atoms with van der Waals surface area (Å²) in [6.07, 6.45) is 3.53. The lowest BCUT2D eigenvalue weighted by Gasteiger charge is -2.23. The Morgan fingerprint density at radius 2 is 1.71 bits per heavy atom. The van der Waals surface area contributed by atoms with Gasteiger partial charge in [-0.05, 0) is 30.4 Å². The molecule has 1 rings (SSSR count). The molecule has 0 unspecified atom stereocenters. The Bertz CT molecular complexity index is 358. The van der Waals surface area contributed by atoms with Gasteiger partial charge in [0.25, 0.3) is 0 Å². The molecule has 0 fully saturated rings. The Morgan fingerprint density at radius 1 is 1.06 bits per heavy atom. The highest BCUT2D eigenvalue weighted by molar-refractivity contribution is 5.17. The van der Waals surface area contributed by atoms with Crippen molar-refractivity contribution < 1.29 is 0 Å². The SMILES string of the molecule is CCC(C)(C)CCc1cccc(C(C)(C)C)n1. The van der Waals surface area contributed by atoms with Crippen molar-refractivity contribution in [2.75, 3.05) is 0 Å². The second-order valence-corrected chi connectivity index (χ2v) is 6.78. The number of aromatic nitrogens is 1. The van der Waals surface area contributed by atoms with Crippen LogP contribution in [0.1, 0.15) is 65.8 Å². The summed E-state index contributed by atoms with van der Waals surface area (Å²) in [4.78, 5) is 4.78. The predicted octanol–water partition coefficient (Wildman–Crippen LogP) is 4.75. The molecule has 17 heavy (non-hydrogen) atoms. The summed E-state index contributed by atoms with van der Waals surface area (Å²) in [7, 11) is 0. The first-order valence-electron chi connectivity index (χ1n) is 6.71. The zero-order valence-corrected chi connectivity index (χ0v) is 12.3. The summed E-state index contributed by atoms with van der Waals surface area (Å²) >= 11 is 0. The number of rotatable bonds is 4. The Labute approximate surface area is 107 Å². The third kappa shape index (κ3) is 4.49. The van der Waals surface area contributed by atoms with Crippen LogP contribution in [0.3, 0.4) is 0 Å². The minimum Gasteiger partial charge on any atom is -0.257 e. The van der Waals surface area contributed by atoms with Gasteiger partial charge in [0.1, 0.15) is 0 Å². The lowest BCUT2D eigenvalue weighted by atomic mass is 9.84. The largest absolute Gasteiger partial charge is 0.257 e. The van der Waals surface area contributed by atoms with Gasteiger partial charge in [-0.1, -0.05) is 54.0 Å². The maximum Gasteiger partial charge on any atom is 0.0460 e. The summed E-state index contributed by atoms with van der Waals surface area (Å²) in [6.45, 7) is 13.6. The Hall–Kier alpha value is -0.850. The fraction of sp³-hybridized carbons (Fsp3) is 0.688. The normalized spacial score (nSPS) is 12.8. The first-order chi connectivity index (χ1) is 7.74. The van der Waals surface area contributed by atoms with Crippen molar-refractivity contribution in [2.45, 2.75) is 66.2 Å². The van der Waals surface area contributed by atoms with Crippen LogP contribution in [0.2, 0.25) is 0 Å². The fourth-order valence-corrected chi connectivity index (χ4v) is 1.68. The van der Waals surface area contributed by atoms with Crippen LogP contribution >= 0.6 is 0 Å². The van der Waals surface area contributed by atoms with Crippen LogP contribution in [0.4, 0.5) is 0 Å². The van der Waals surface area contributed by atoms with E-state index in [1.165, 1.54) is 24.2 Å². The van der Waals surface area contributed by atoms with Crippen molar-refractivity contribution in [1.82, 2.24) is 4.98 Å². The van der Waals surface area contributed by atoms with Crippen LogP contribution in [-0.2, 0) is 11.8 Å². The van der Waals surface area contributed by atoms with Gasteiger partial charge in [-0.2, -0.15) is 0 Å². The number of pyridine rings is 1. The number of aryl methyl sites for hydroxylation is 1. The van der Waals surface area contributed by atoms with Gasteiger partial charge in [0.05, 0.1) is 0 Å². The van der Waals surface area contributed by atoms with Crippen molar-refractivity contribution in [3.8, 4) is 0 Å². The quantitative estimate of drug-likeness (QED) is 0.731. The van der Waals surface area contributed by atoms with Gasteiger partial charge in [0.2, 0.25) is 0 Å². The first-order valence-corrected chi connectivity index (χ1v) is 6.71. The van der Waals surface area contributed by atoms with E-state index in [9.17, 15) is 0 Å². The van der Waals surface area contributed by atoms with Crippen LogP contribution in [0, 0.1) is 5.41 Å². The number of nitrogens with zero attached hydrogens (tertiary/aromatic N) is 1. The molecular formula is C16H27N. The maximum absolute atomic E-state index is 4.78. The van der Waals surface area contributed by atoms with E-state index >= 15 is 0 Å². The van der Waals surface area contributed by atoms with Crippen LogP contribution in [-0.4, -0.2) is 4.98 Å². The Kier molecular flexibility index (Phi) is 4.35. The molecule has 0 aliphatic heterocycles. The number of hydrogen-bond acceptors (Lipinski definition) is 1. The van der Waals surface area contributed by atoms with E-state index in [1.807, 2.05) is 0 Å². The van der Waals surface area contributed by atoms with E-state index in [2.05, 4.69) is 59.7 Å². The van der Waals surface area contributed by atoms with Crippen LogP contribution in [0.15, 0.2) is 18.2 Å². The summed E-state index contributed by atoms with van der Waals surface area (Å²) in [6, 6.07) is 6.43. The monoisotopic (exact) mass is 233 g/mol. The molecule has 0 bridgehead atoms. The molecule has 0 amide bonds. The molecule has 0 spiro atoms. The van der Waals surface area contributed by atoms with Gasteiger partial charge in [0.15, 0.2) is 0 Å². The third-order valence-electron chi connectivity index (χ3n) is 3.59. The van der Waals surface area contributed by atoms with E-state index < -0.39 is 0 Å². The van der Waals surface area contributed by atoms with Gasteiger partial charge < -0.3 is 0 Å². The number of hydrogen-bond donors (Lipinski definition) is 0. The predicted molar refractivity (Wildman–Crippen MR) is 75.3 cm³/mol. The van der Waals surface area contributed by atoms with Crippen LogP contribution < -0.4 is 0 Å². The minimum atomic E-state index is 0.149. The average molecular weight is 233 g/mol. The van der Waals surface area contributed by atoms with E-state index in [0.717, 1.165) is 6.42 Å². The Morgan fingerprint density at radius 3 is 2.24 bits per heavy atom. The lowest BCUT2D eigenvalue weighted by Crippen LogP contribution is -2.15. The van der Waals surface area contributed by atoms with E-state index in [4.69, 9.17) is 4.98 Å². The van der Waals surface area contributed by atoms with Crippen molar-refractivity contribution in [3.63, 3.8) is 0 Å². The summed E-state index contributed by atoms with van der Waals surface area (Å²) in [5.41, 5.74) is 3.01. The fourth-order valence-electron chi connectivity index (χ4n) is 1.68. The topological polar surface area (TPSA) is 12.9 Å². The first kappa shape index (κ1) is 14.2. The summed E-state index contributed by atoms with van der Waals surface area (Å²) in [5, 5.41) is 0. The highest BCUT2D eigenvalue weighted by atomic mass is 14.7. The molecular weight excluding hydrogens is 206 g/mol. The molecule has 0 N–H and O–H groups in total. The highest BCUT2D eigenvalue weighted by Gasteiger charge is 2.17. The second kappa shape index (κ2) is 5.20. The smallest absolute Gasteiger partial charge is 0.0460 e. The zero-order chi connectivity index (χ0) is 13.1. The van der Waals surface area contributed by atoms with Crippen LogP contribution in [0.25, 0.3) is 0 Å². The molecule has 1 heterocycles. The average Bonchev–Trinajstić information content (AvgIpc) is 2.26. The lowest BCUT2D eigenvalue weighted by molar-refractivity contribution is 0.321. The summed E-state index contributed by atoms with van der Waals surface area (Å²) in [5.74, 6) is 0. The Balaban J connectivity index is 2.74. The van der Waals surface area contributed by atoms with E-state index in [-0.39, 0.29) is 5.41 Å². The molecule has 1 aromatic heterocycles. The zero-order valence-electron chi connectivity index (χ0n) is 12.3. The van der Waals surface area contributed by atoms with Gasteiger partial charge in [-0.3, -0.25) is 4.98 Å². The molecule has 0 radical (unpaired) electrons. The highest BCUT2D eigenvalue weighted by Crippen LogP contribution is 2.26. The molecule has 1 aromatic rings. The molecule has 0 aromatic carbocycles. The molecule has 96 valence electrons. The molecule has 1 nitrogen and oxygen atoms in total. The van der Waals surface area contributed by atoms with Gasteiger partial charge in [-0.25, -0.2) is 0 Å². The van der Waals surface area contributed by atoms with Crippen molar-refractivity contribution in [2.24, 2.45) is 5.41 Å².